The van der Waals surface area contributed by atoms with E-state index >= 15 is 0 Å². The number of halogens is 1. The number of hydrogen-bond donors (Lipinski definition) is 0. The van der Waals surface area contributed by atoms with Crippen LogP contribution in [-0.4, -0.2) is 51.9 Å². The molecule has 3 heterocycles. The fourth-order valence-corrected chi connectivity index (χ4v) is 2.47. The quantitative estimate of drug-likeness (QED) is 0.838. The van der Waals surface area contributed by atoms with Crippen LogP contribution in [0.1, 0.15) is 16.8 Å². The molecular formula is C15H16FN5O. The molecule has 0 spiro atoms. The van der Waals surface area contributed by atoms with Crippen LogP contribution < -0.4 is 4.90 Å². The van der Waals surface area contributed by atoms with Crippen molar-refractivity contribution in [3.63, 3.8) is 0 Å². The van der Waals surface area contributed by atoms with Crippen LogP contribution in [0.4, 0.5) is 10.3 Å². The molecule has 0 radical (unpaired) electrons. The summed E-state index contributed by atoms with van der Waals surface area (Å²) in [6.07, 6.45) is 6.37. The van der Waals surface area contributed by atoms with Gasteiger partial charge in [0.15, 0.2) is 5.82 Å². The van der Waals surface area contributed by atoms with Gasteiger partial charge in [-0.3, -0.25) is 9.78 Å². The first kappa shape index (κ1) is 14.4. The molecule has 0 N–H and O–H groups in total. The lowest BCUT2D eigenvalue weighted by Crippen LogP contribution is -2.35. The summed E-state index contributed by atoms with van der Waals surface area (Å²) in [4.78, 5) is 28.2. The average Bonchev–Trinajstić information content (AvgIpc) is 2.82. The summed E-state index contributed by atoms with van der Waals surface area (Å²) in [5.74, 6) is 0.0527. The van der Waals surface area contributed by atoms with Gasteiger partial charge in [-0.2, -0.15) is 0 Å². The van der Waals surface area contributed by atoms with E-state index < -0.39 is 5.82 Å². The van der Waals surface area contributed by atoms with E-state index in [0.717, 1.165) is 25.4 Å². The zero-order valence-electron chi connectivity index (χ0n) is 12.0. The van der Waals surface area contributed by atoms with E-state index in [0.29, 0.717) is 31.1 Å². The zero-order valence-corrected chi connectivity index (χ0v) is 12.0. The number of pyridine rings is 1. The number of anilines is 1. The first-order chi connectivity index (χ1) is 10.7. The van der Waals surface area contributed by atoms with Gasteiger partial charge in [-0.25, -0.2) is 14.4 Å². The molecule has 1 saturated heterocycles. The third-order valence-electron chi connectivity index (χ3n) is 3.60. The van der Waals surface area contributed by atoms with Gasteiger partial charge in [0, 0.05) is 44.1 Å². The highest BCUT2D eigenvalue weighted by atomic mass is 19.1. The molecule has 2 aromatic rings. The molecule has 7 heteroatoms. The van der Waals surface area contributed by atoms with Crippen molar-refractivity contribution in [2.24, 2.45) is 0 Å². The molecule has 1 aliphatic heterocycles. The summed E-state index contributed by atoms with van der Waals surface area (Å²) in [6.45, 7) is 2.63. The van der Waals surface area contributed by atoms with Crippen LogP contribution in [0.15, 0.2) is 36.9 Å². The number of rotatable bonds is 2. The van der Waals surface area contributed by atoms with E-state index in [1.807, 2.05) is 9.80 Å². The van der Waals surface area contributed by atoms with Crippen molar-refractivity contribution in [1.29, 1.82) is 0 Å². The molecule has 22 heavy (non-hydrogen) atoms. The van der Waals surface area contributed by atoms with E-state index in [9.17, 15) is 9.18 Å². The van der Waals surface area contributed by atoms with Crippen molar-refractivity contribution in [2.45, 2.75) is 6.42 Å². The minimum absolute atomic E-state index is 0.00396. The second kappa shape index (κ2) is 6.46. The summed E-state index contributed by atoms with van der Waals surface area (Å²) in [5.41, 5.74) is 0.640. The summed E-state index contributed by atoms with van der Waals surface area (Å²) in [6, 6.07) is 3.43. The van der Waals surface area contributed by atoms with Gasteiger partial charge in [-0.05, 0) is 18.6 Å². The number of carbonyl (C=O) groups is 1. The normalized spacial score (nSPS) is 15.5. The van der Waals surface area contributed by atoms with Gasteiger partial charge in [-0.15, -0.1) is 0 Å². The molecular weight excluding hydrogens is 285 g/mol. The lowest BCUT2D eigenvalue weighted by Gasteiger charge is -2.22. The lowest BCUT2D eigenvalue weighted by molar-refractivity contribution is 0.0767. The molecule has 0 saturated carbocycles. The SMILES string of the molecule is O=C(c1ccncc1)N1CCCN(c2ncc(F)cn2)CC1. The van der Waals surface area contributed by atoms with E-state index in [4.69, 9.17) is 0 Å². The largest absolute Gasteiger partial charge is 0.339 e. The van der Waals surface area contributed by atoms with Gasteiger partial charge in [0.2, 0.25) is 5.95 Å². The van der Waals surface area contributed by atoms with Crippen molar-refractivity contribution in [3.8, 4) is 0 Å². The Balaban J connectivity index is 1.67. The van der Waals surface area contributed by atoms with Crippen LogP contribution >= 0.6 is 0 Å². The Labute approximate surface area is 127 Å². The van der Waals surface area contributed by atoms with Crippen LogP contribution in [0.3, 0.4) is 0 Å². The predicted molar refractivity (Wildman–Crippen MR) is 79.0 cm³/mol. The van der Waals surface area contributed by atoms with E-state index in [1.54, 1.807) is 24.5 Å². The Morgan fingerprint density at radius 2 is 1.77 bits per heavy atom. The number of hydrogen-bond acceptors (Lipinski definition) is 5. The molecule has 0 unspecified atom stereocenters. The van der Waals surface area contributed by atoms with Gasteiger partial charge < -0.3 is 9.80 Å². The van der Waals surface area contributed by atoms with E-state index in [1.165, 1.54) is 0 Å². The maximum absolute atomic E-state index is 12.9. The second-order valence-corrected chi connectivity index (χ2v) is 5.07. The molecule has 0 bridgehead atoms. The highest BCUT2D eigenvalue weighted by Crippen LogP contribution is 2.13. The first-order valence-corrected chi connectivity index (χ1v) is 7.16. The van der Waals surface area contributed by atoms with Gasteiger partial charge in [0.1, 0.15) is 0 Å². The Morgan fingerprint density at radius 1 is 1.05 bits per heavy atom. The zero-order chi connectivity index (χ0) is 15.4. The Morgan fingerprint density at radius 3 is 2.50 bits per heavy atom. The van der Waals surface area contributed by atoms with Crippen LogP contribution in [0, 0.1) is 5.82 Å². The third kappa shape index (κ3) is 3.19. The van der Waals surface area contributed by atoms with Gasteiger partial charge >= 0.3 is 0 Å². The molecule has 0 aliphatic carbocycles. The maximum atomic E-state index is 12.9. The average molecular weight is 301 g/mol. The van der Waals surface area contributed by atoms with Crippen molar-refractivity contribution in [3.05, 3.63) is 48.3 Å². The smallest absolute Gasteiger partial charge is 0.254 e. The molecule has 114 valence electrons. The topological polar surface area (TPSA) is 62.2 Å². The van der Waals surface area contributed by atoms with Crippen LogP contribution in [0.25, 0.3) is 0 Å². The molecule has 2 aromatic heterocycles. The Kier molecular flexibility index (Phi) is 4.22. The monoisotopic (exact) mass is 301 g/mol. The summed E-state index contributed by atoms with van der Waals surface area (Å²) >= 11 is 0. The van der Waals surface area contributed by atoms with Crippen molar-refractivity contribution in [2.75, 3.05) is 31.1 Å². The van der Waals surface area contributed by atoms with Crippen LogP contribution in [0.5, 0.6) is 0 Å². The minimum atomic E-state index is -0.451. The van der Waals surface area contributed by atoms with Crippen molar-refractivity contribution in [1.82, 2.24) is 19.9 Å². The molecule has 1 fully saturated rings. The molecule has 3 rings (SSSR count). The van der Waals surface area contributed by atoms with Crippen LogP contribution in [0.2, 0.25) is 0 Å². The number of aromatic nitrogens is 3. The molecule has 1 aliphatic rings. The lowest BCUT2D eigenvalue weighted by atomic mass is 10.2. The first-order valence-electron chi connectivity index (χ1n) is 7.16. The standard InChI is InChI=1S/C15H16FN5O/c16-13-10-18-15(19-11-13)21-7-1-6-20(8-9-21)14(22)12-2-4-17-5-3-12/h2-5,10-11H,1,6-9H2. The minimum Gasteiger partial charge on any atom is -0.339 e. The van der Waals surface area contributed by atoms with E-state index in [-0.39, 0.29) is 5.91 Å². The fraction of sp³-hybridized carbons (Fsp3) is 0.333. The van der Waals surface area contributed by atoms with Crippen LogP contribution in [-0.2, 0) is 0 Å². The Bertz CT molecular complexity index is 634. The fourth-order valence-electron chi connectivity index (χ4n) is 2.47. The highest BCUT2D eigenvalue weighted by Gasteiger charge is 2.21. The van der Waals surface area contributed by atoms with Gasteiger partial charge in [0.25, 0.3) is 5.91 Å². The number of amides is 1. The van der Waals surface area contributed by atoms with Crippen molar-refractivity contribution < 1.29 is 9.18 Å². The highest BCUT2D eigenvalue weighted by molar-refractivity contribution is 5.94. The van der Waals surface area contributed by atoms with Crippen molar-refractivity contribution >= 4 is 11.9 Å². The molecule has 1 amide bonds. The second-order valence-electron chi connectivity index (χ2n) is 5.07. The predicted octanol–water partition coefficient (Wildman–Crippen LogP) is 1.36. The summed E-state index contributed by atoms with van der Waals surface area (Å²) in [5, 5.41) is 0. The molecule has 0 atom stereocenters. The van der Waals surface area contributed by atoms with Gasteiger partial charge in [0.05, 0.1) is 12.4 Å². The van der Waals surface area contributed by atoms with Gasteiger partial charge in [-0.1, -0.05) is 0 Å². The number of nitrogens with zero attached hydrogens (tertiary/aromatic N) is 5. The third-order valence-corrected chi connectivity index (χ3v) is 3.60. The molecule has 6 nitrogen and oxygen atoms in total. The Hall–Kier alpha value is -2.57. The number of carbonyl (C=O) groups excluding carboxylic acids is 1. The summed E-state index contributed by atoms with van der Waals surface area (Å²) in [7, 11) is 0. The van der Waals surface area contributed by atoms with E-state index in [2.05, 4.69) is 15.0 Å². The maximum Gasteiger partial charge on any atom is 0.254 e. The molecule has 0 aromatic carbocycles. The summed E-state index contributed by atoms with van der Waals surface area (Å²) < 4.78 is 12.9.